The third-order valence-corrected chi connectivity index (χ3v) is 8.35. The van der Waals surface area contributed by atoms with Gasteiger partial charge in [0.2, 0.25) is 0 Å². The Bertz CT molecular complexity index is 685. The van der Waals surface area contributed by atoms with Gasteiger partial charge in [-0.05, 0) is 50.9 Å². The summed E-state index contributed by atoms with van der Waals surface area (Å²) in [5.41, 5.74) is -0.802. The second-order valence-electron chi connectivity index (χ2n) is 9.14. The minimum Gasteiger partial charge on any atom is -0.481 e. The zero-order chi connectivity index (χ0) is 17.1. The van der Waals surface area contributed by atoms with Gasteiger partial charge in [-0.1, -0.05) is 12.2 Å². The van der Waals surface area contributed by atoms with Crippen molar-refractivity contribution < 1.29 is 24.5 Å². The van der Waals surface area contributed by atoms with E-state index >= 15 is 0 Å². The van der Waals surface area contributed by atoms with Gasteiger partial charge in [-0.15, -0.1) is 0 Å². The number of rotatable bonds is 1. The van der Waals surface area contributed by atoms with Crippen LogP contribution in [0.25, 0.3) is 0 Å². The summed E-state index contributed by atoms with van der Waals surface area (Å²) in [5.74, 6) is -1.93. The first-order valence-electron chi connectivity index (χ1n) is 9.08. The minimum atomic E-state index is -0.803. The lowest BCUT2D eigenvalue weighted by atomic mass is 9.60. The maximum absolute atomic E-state index is 12.7. The van der Waals surface area contributed by atoms with Crippen LogP contribution in [0.2, 0.25) is 0 Å². The molecule has 5 aliphatic rings. The fourth-order valence-electron chi connectivity index (χ4n) is 7.68. The van der Waals surface area contributed by atoms with E-state index in [1.54, 1.807) is 0 Å². The molecule has 0 amide bonds. The van der Waals surface area contributed by atoms with Gasteiger partial charge in [-0.3, -0.25) is 9.59 Å². The van der Waals surface area contributed by atoms with Crippen LogP contribution < -0.4 is 0 Å². The SMILES string of the molecule is C=C1C[C@]23C[C@H]1[C@H](O)C[C@H]2[C@@]12CCC[C@@](C)(C(=O)O1)[C@H]2[C@@H]3C(=O)O. The van der Waals surface area contributed by atoms with Gasteiger partial charge in [0.25, 0.3) is 0 Å². The second-order valence-corrected chi connectivity index (χ2v) is 9.14. The molecule has 5 rings (SSSR count). The van der Waals surface area contributed by atoms with E-state index in [2.05, 4.69) is 6.58 Å². The Labute approximate surface area is 141 Å². The topological polar surface area (TPSA) is 83.8 Å². The summed E-state index contributed by atoms with van der Waals surface area (Å²) in [6.07, 6.45) is 3.71. The number of aliphatic hydroxyl groups excluding tert-OH is 1. The number of esters is 1. The predicted octanol–water partition coefficient (Wildman–Crippen LogP) is 2.14. The van der Waals surface area contributed by atoms with E-state index in [1.165, 1.54) is 0 Å². The van der Waals surface area contributed by atoms with E-state index in [-0.39, 0.29) is 23.7 Å². The lowest BCUT2D eigenvalue weighted by Crippen LogP contribution is -2.48. The highest BCUT2D eigenvalue weighted by atomic mass is 16.6. The summed E-state index contributed by atoms with van der Waals surface area (Å²) < 4.78 is 6.04. The molecule has 1 aliphatic heterocycles. The first kappa shape index (κ1) is 14.9. The average Bonchev–Trinajstić information content (AvgIpc) is 2.96. The summed E-state index contributed by atoms with van der Waals surface area (Å²) in [5, 5.41) is 20.8. The first-order valence-corrected chi connectivity index (χ1v) is 9.08. The molecule has 0 aromatic carbocycles. The van der Waals surface area contributed by atoms with Crippen LogP contribution >= 0.6 is 0 Å². The summed E-state index contributed by atoms with van der Waals surface area (Å²) in [4.78, 5) is 25.1. The summed E-state index contributed by atoms with van der Waals surface area (Å²) in [7, 11) is 0. The van der Waals surface area contributed by atoms with Crippen molar-refractivity contribution in [2.75, 3.05) is 0 Å². The van der Waals surface area contributed by atoms with Crippen molar-refractivity contribution in [3.05, 3.63) is 12.2 Å². The number of carboxylic acid groups (broad SMARTS) is 1. The molecule has 0 radical (unpaired) electrons. The number of carboxylic acids is 1. The van der Waals surface area contributed by atoms with Gasteiger partial charge in [0.15, 0.2) is 0 Å². The van der Waals surface area contributed by atoms with Crippen LogP contribution in [-0.2, 0) is 14.3 Å². The number of carbonyl (C=O) groups is 2. The molecule has 5 fully saturated rings. The summed E-state index contributed by atoms with van der Waals surface area (Å²) in [6, 6.07) is 0. The Hall–Kier alpha value is -1.36. The van der Waals surface area contributed by atoms with Gasteiger partial charge < -0.3 is 14.9 Å². The van der Waals surface area contributed by atoms with E-state index in [1.807, 2.05) is 6.92 Å². The molecule has 2 N–H and O–H groups in total. The molecule has 5 nitrogen and oxygen atoms in total. The Morgan fingerprint density at radius 1 is 1.38 bits per heavy atom. The monoisotopic (exact) mass is 332 g/mol. The quantitative estimate of drug-likeness (QED) is 0.568. The maximum atomic E-state index is 12.7. The van der Waals surface area contributed by atoms with E-state index in [9.17, 15) is 19.8 Å². The molecule has 5 heteroatoms. The van der Waals surface area contributed by atoms with Crippen LogP contribution in [0, 0.1) is 34.5 Å². The van der Waals surface area contributed by atoms with E-state index < -0.39 is 34.4 Å². The largest absolute Gasteiger partial charge is 0.481 e. The molecular formula is C19H24O5. The van der Waals surface area contributed by atoms with Gasteiger partial charge in [0.05, 0.1) is 17.4 Å². The summed E-state index contributed by atoms with van der Waals surface area (Å²) >= 11 is 0. The van der Waals surface area contributed by atoms with Crippen LogP contribution in [0.4, 0.5) is 0 Å². The maximum Gasteiger partial charge on any atom is 0.312 e. The van der Waals surface area contributed by atoms with Crippen molar-refractivity contribution >= 4 is 11.9 Å². The molecule has 1 spiro atoms. The number of aliphatic carboxylic acids is 1. The Kier molecular flexibility index (Phi) is 2.53. The Morgan fingerprint density at radius 3 is 2.83 bits per heavy atom. The highest BCUT2D eigenvalue weighted by molar-refractivity contribution is 5.84. The van der Waals surface area contributed by atoms with E-state index in [0.717, 1.165) is 18.4 Å². The molecule has 24 heavy (non-hydrogen) atoms. The van der Waals surface area contributed by atoms with Crippen LogP contribution in [0.1, 0.15) is 45.4 Å². The fourth-order valence-corrected chi connectivity index (χ4v) is 7.68. The molecular weight excluding hydrogens is 308 g/mol. The van der Waals surface area contributed by atoms with Crippen molar-refractivity contribution in [2.45, 2.75) is 57.2 Å². The molecule has 1 saturated heterocycles. The molecule has 4 aliphatic carbocycles. The summed E-state index contributed by atoms with van der Waals surface area (Å²) in [6.45, 7) is 6.05. The van der Waals surface area contributed by atoms with Crippen molar-refractivity contribution in [3.8, 4) is 0 Å². The number of hydrogen-bond acceptors (Lipinski definition) is 4. The average molecular weight is 332 g/mol. The Morgan fingerprint density at radius 2 is 2.12 bits per heavy atom. The highest BCUT2D eigenvalue weighted by Gasteiger charge is 2.82. The minimum absolute atomic E-state index is 0.00156. The van der Waals surface area contributed by atoms with Gasteiger partial charge in [-0.2, -0.15) is 0 Å². The van der Waals surface area contributed by atoms with Crippen LogP contribution in [0.3, 0.4) is 0 Å². The first-order chi connectivity index (χ1) is 11.3. The van der Waals surface area contributed by atoms with Gasteiger partial charge in [-0.25, -0.2) is 0 Å². The van der Waals surface area contributed by atoms with E-state index in [0.29, 0.717) is 25.7 Å². The van der Waals surface area contributed by atoms with Crippen LogP contribution in [0.15, 0.2) is 12.2 Å². The van der Waals surface area contributed by atoms with Gasteiger partial charge in [0, 0.05) is 17.8 Å². The van der Waals surface area contributed by atoms with Crippen molar-refractivity contribution in [1.29, 1.82) is 0 Å². The third-order valence-electron chi connectivity index (χ3n) is 8.35. The normalized spacial score (nSPS) is 57.5. The molecule has 0 unspecified atom stereocenters. The van der Waals surface area contributed by atoms with Crippen molar-refractivity contribution in [3.63, 3.8) is 0 Å². The number of aliphatic hydroxyl groups is 1. The van der Waals surface area contributed by atoms with Gasteiger partial charge >= 0.3 is 11.9 Å². The second kappa shape index (κ2) is 4.06. The number of ether oxygens (including phenoxy) is 1. The van der Waals surface area contributed by atoms with Crippen LogP contribution in [0.5, 0.6) is 0 Å². The smallest absolute Gasteiger partial charge is 0.312 e. The predicted molar refractivity (Wildman–Crippen MR) is 83.8 cm³/mol. The van der Waals surface area contributed by atoms with Gasteiger partial charge in [0.1, 0.15) is 5.60 Å². The lowest BCUT2D eigenvalue weighted by molar-refractivity contribution is -0.163. The molecule has 130 valence electrons. The fraction of sp³-hybridized carbons (Fsp3) is 0.789. The number of fused-ring (bicyclic) bond motifs is 1. The third kappa shape index (κ3) is 1.32. The van der Waals surface area contributed by atoms with Crippen molar-refractivity contribution in [2.24, 2.45) is 34.5 Å². The molecule has 4 bridgehead atoms. The Balaban J connectivity index is 1.75. The van der Waals surface area contributed by atoms with Crippen molar-refractivity contribution in [1.82, 2.24) is 0 Å². The lowest BCUT2D eigenvalue weighted by Gasteiger charge is -2.45. The highest BCUT2D eigenvalue weighted by Crippen LogP contribution is 2.77. The molecule has 8 atom stereocenters. The number of hydrogen-bond donors (Lipinski definition) is 2. The molecule has 1 heterocycles. The standard InChI is InChI=1S/C19H24O5/c1-9-7-18-8-10(9)11(20)6-12(18)19-5-3-4-17(2,16(23)24-19)14(19)13(18)15(21)22/h10-14,20H,1,3-8H2,2H3,(H,21,22)/t10-,11-,12-,13-,14-,17-,18+,19-/m1/s1. The molecule has 4 saturated carbocycles. The van der Waals surface area contributed by atoms with E-state index in [4.69, 9.17) is 4.74 Å². The zero-order valence-electron chi connectivity index (χ0n) is 14.0. The zero-order valence-corrected chi connectivity index (χ0v) is 14.0. The molecule has 0 aromatic rings. The van der Waals surface area contributed by atoms with Crippen LogP contribution in [-0.4, -0.2) is 33.9 Å². The number of carbonyl (C=O) groups excluding carboxylic acids is 1. The molecule has 0 aromatic heterocycles.